The molecule has 0 saturated heterocycles. The minimum absolute atomic E-state index is 0.0977. The van der Waals surface area contributed by atoms with E-state index in [9.17, 15) is 30.0 Å². The van der Waals surface area contributed by atoms with E-state index in [0.717, 1.165) is 5.56 Å². The van der Waals surface area contributed by atoms with Gasteiger partial charge in [0.1, 0.15) is 11.2 Å². The molecule has 2 fully saturated rings. The van der Waals surface area contributed by atoms with Crippen molar-refractivity contribution in [3.63, 3.8) is 0 Å². The fourth-order valence-corrected chi connectivity index (χ4v) is 7.80. The second-order valence-corrected chi connectivity index (χ2v) is 11.8. The average molecular weight is 497 g/mol. The lowest BCUT2D eigenvalue weighted by Crippen LogP contribution is -2.65. The fourth-order valence-electron chi connectivity index (χ4n) is 7.80. The number of esters is 1. The number of hydrogen-bond acceptors (Lipinski definition) is 7. The van der Waals surface area contributed by atoms with Crippen LogP contribution in [0, 0.1) is 29.1 Å². The highest BCUT2D eigenvalue weighted by atomic mass is 16.6. The van der Waals surface area contributed by atoms with Crippen LogP contribution in [0.2, 0.25) is 0 Å². The van der Waals surface area contributed by atoms with E-state index in [4.69, 9.17) is 4.74 Å². The Labute approximate surface area is 211 Å². The van der Waals surface area contributed by atoms with Crippen LogP contribution in [0.4, 0.5) is 0 Å². The molecule has 4 aliphatic rings. The number of aliphatic hydroxyl groups is 4. The molecular formula is C29H36O7. The summed E-state index contributed by atoms with van der Waals surface area (Å²) < 4.78 is 6.12. The van der Waals surface area contributed by atoms with Gasteiger partial charge in [0.2, 0.25) is 0 Å². The van der Waals surface area contributed by atoms with Crippen LogP contribution in [-0.2, 0) is 20.7 Å². The van der Waals surface area contributed by atoms with Gasteiger partial charge in [-0.2, -0.15) is 0 Å². The number of aliphatic hydroxyl groups excluding tert-OH is 2. The molecule has 0 aromatic heterocycles. The number of fused-ring (bicyclic) bond motifs is 5. The normalized spacial score (nSPS) is 42.3. The summed E-state index contributed by atoms with van der Waals surface area (Å²) in [6, 6.07) is 9.62. The van der Waals surface area contributed by atoms with E-state index in [2.05, 4.69) is 0 Å². The molecular weight excluding hydrogens is 460 g/mol. The molecule has 0 spiro atoms. The Balaban J connectivity index is 1.52. The summed E-state index contributed by atoms with van der Waals surface area (Å²) in [6.07, 6.45) is 2.72. The molecule has 7 heteroatoms. The highest BCUT2D eigenvalue weighted by Crippen LogP contribution is 2.76. The molecule has 5 rings (SSSR count). The fraction of sp³-hybridized carbons (Fsp3) is 0.586. The third-order valence-corrected chi connectivity index (χ3v) is 9.74. The molecule has 0 bridgehead atoms. The minimum Gasteiger partial charge on any atom is -0.455 e. The van der Waals surface area contributed by atoms with Gasteiger partial charge in [0.15, 0.2) is 5.78 Å². The predicted molar refractivity (Wildman–Crippen MR) is 131 cm³/mol. The zero-order valence-corrected chi connectivity index (χ0v) is 21.3. The minimum atomic E-state index is -1.90. The van der Waals surface area contributed by atoms with E-state index in [1.165, 1.54) is 0 Å². The van der Waals surface area contributed by atoms with E-state index >= 15 is 0 Å². The first kappa shape index (κ1) is 25.3. The number of benzene rings is 1. The molecule has 0 amide bonds. The van der Waals surface area contributed by atoms with Crippen LogP contribution >= 0.6 is 0 Å². The maximum absolute atomic E-state index is 13.1. The summed E-state index contributed by atoms with van der Waals surface area (Å²) in [5, 5.41) is 45.7. The molecule has 0 radical (unpaired) electrons. The Kier molecular flexibility index (Phi) is 5.69. The van der Waals surface area contributed by atoms with Crippen molar-refractivity contribution in [3.05, 3.63) is 59.2 Å². The van der Waals surface area contributed by atoms with E-state index in [1.807, 2.05) is 44.2 Å². The quantitative estimate of drug-likeness (QED) is 0.364. The number of carbonyl (C=O) groups excluding carboxylic acids is 2. The highest BCUT2D eigenvalue weighted by Gasteiger charge is 2.86. The van der Waals surface area contributed by atoms with Crippen molar-refractivity contribution >= 4 is 11.8 Å². The number of ether oxygens (including phenoxy) is 1. The Hall–Kier alpha value is -2.32. The smallest absolute Gasteiger partial charge is 0.306 e. The summed E-state index contributed by atoms with van der Waals surface area (Å²) in [5.74, 6) is -3.80. The number of carbonyl (C=O) groups is 2. The maximum atomic E-state index is 13.1. The Bertz CT molecular complexity index is 1150. The summed E-state index contributed by atoms with van der Waals surface area (Å²) >= 11 is 0. The summed E-state index contributed by atoms with van der Waals surface area (Å²) in [6.45, 7) is 6.75. The molecule has 0 heterocycles. The van der Waals surface area contributed by atoms with Crippen molar-refractivity contribution in [2.45, 2.75) is 69.9 Å². The number of rotatable bonds is 5. The highest BCUT2D eigenvalue weighted by molar-refractivity contribution is 6.04. The first-order valence-electron chi connectivity index (χ1n) is 12.8. The zero-order chi connectivity index (χ0) is 26.3. The summed E-state index contributed by atoms with van der Waals surface area (Å²) in [4.78, 5) is 26.1. The SMILES string of the molecule is CC1=C[C@H]2[C@@]3(O)[C@H](C)[C@@H](O)[C@]4(OC(=O)CCc5ccccc5)[C@H]([C@@H]3C=C(CO)C[C@]2(O)C1=O)C4(C)C. The second-order valence-electron chi connectivity index (χ2n) is 11.8. The van der Waals surface area contributed by atoms with Gasteiger partial charge in [-0.1, -0.05) is 63.3 Å². The Morgan fingerprint density at radius 3 is 2.44 bits per heavy atom. The van der Waals surface area contributed by atoms with Gasteiger partial charge in [-0.3, -0.25) is 9.59 Å². The molecule has 194 valence electrons. The van der Waals surface area contributed by atoms with Crippen molar-refractivity contribution in [1.82, 2.24) is 0 Å². The molecule has 0 aliphatic heterocycles. The van der Waals surface area contributed by atoms with Gasteiger partial charge in [-0.15, -0.1) is 0 Å². The van der Waals surface area contributed by atoms with Crippen LogP contribution < -0.4 is 0 Å². The molecule has 7 nitrogen and oxygen atoms in total. The number of Topliss-reactive ketones (excluding diaryl/α,β-unsaturated/α-hetero) is 1. The van der Waals surface area contributed by atoms with Gasteiger partial charge in [-0.05, 0) is 30.1 Å². The number of hydrogen-bond donors (Lipinski definition) is 4. The van der Waals surface area contributed by atoms with Gasteiger partial charge >= 0.3 is 5.97 Å². The van der Waals surface area contributed by atoms with Gasteiger partial charge in [0.05, 0.1) is 18.3 Å². The lowest BCUT2D eigenvalue weighted by molar-refractivity contribution is -0.219. The van der Waals surface area contributed by atoms with E-state index in [-0.39, 0.29) is 19.4 Å². The molecule has 4 aliphatic carbocycles. The molecule has 8 atom stereocenters. The van der Waals surface area contributed by atoms with Crippen molar-refractivity contribution in [1.29, 1.82) is 0 Å². The third kappa shape index (κ3) is 3.13. The van der Waals surface area contributed by atoms with Gasteiger partial charge in [-0.25, -0.2) is 0 Å². The first-order valence-corrected chi connectivity index (χ1v) is 12.8. The van der Waals surface area contributed by atoms with Gasteiger partial charge < -0.3 is 25.2 Å². The Morgan fingerprint density at radius 1 is 1.14 bits per heavy atom. The van der Waals surface area contributed by atoms with Crippen LogP contribution in [0.15, 0.2) is 53.6 Å². The number of aryl methyl sites for hydroxylation is 1. The van der Waals surface area contributed by atoms with E-state index in [0.29, 0.717) is 17.6 Å². The topological polar surface area (TPSA) is 124 Å². The second kappa shape index (κ2) is 8.09. The van der Waals surface area contributed by atoms with Gasteiger partial charge in [0.25, 0.3) is 0 Å². The number of ketones is 1. The molecule has 4 N–H and O–H groups in total. The van der Waals surface area contributed by atoms with Crippen LogP contribution in [-0.4, -0.2) is 61.7 Å². The van der Waals surface area contributed by atoms with Crippen LogP contribution in [0.3, 0.4) is 0 Å². The third-order valence-electron chi connectivity index (χ3n) is 9.74. The largest absolute Gasteiger partial charge is 0.455 e. The average Bonchev–Trinajstić information content (AvgIpc) is 3.28. The summed E-state index contributed by atoms with van der Waals surface area (Å²) in [5.41, 5.74) is -3.67. The van der Waals surface area contributed by atoms with Crippen LogP contribution in [0.25, 0.3) is 0 Å². The lowest BCUT2D eigenvalue weighted by Gasteiger charge is -2.52. The zero-order valence-electron chi connectivity index (χ0n) is 21.3. The predicted octanol–water partition coefficient (Wildman–Crippen LogP) is 2.11. The standard InChI is InChI=1S/C29H36O7/c1-16-12-21-27(34,24(16)32)14-19(15-30)13-20-23-26(3,4)29(23,25(33)17(2)28(20,21)35)36-22(31)11-10-18-8-6-5-7-9-18/h5-9,12-13,17,20-21,23,25,30,33-35H,10-11,14-15H2,1-4H3/t17-,20+,21-,23-,25-,27-,28-,29-/m1/s1. The van der Waals surface area contributed by atoms with E-state index < -0.39 is 63.7 Å². The Morgan fingerprint density at radius 2 is 1.81 bits per heavy atom. The first-order chi connectivity index (χ1) is 16.9. The monoisotopic (exact) mass is 496 g/mol. The van der Waals surface area contributed by atoms with Crippen LogP contribution in [0.1, 0.15) is 46.1 Å². The molecule has 0 unspecified atom stereocenters. The van der Waals surface area contributed by atoms with Crippen molar-refractivity contribution < 1.29 is 34.8 Å². The molecule has 2 saturated carbocycles. The molecule has 1 aromatic carbocycles. The van der Waals surface area contributed by atoms with E-state index in [1.54, 1.807) is 26.0 Å². The lowest BCUT2D eigenvalue weighted by atomic mass is 9.59. The molecule has 36 heavy (non-hydrogen) atoms. The molecule has 1 aromatic rings. The van der Waals surface area contributed by atoms with Crippen molar-refractivity contribution in [2.24, 2.45) is 29.1 Å². The van der Waals surface area contributed by atoms with Crippen molar-refractivity contribution in [2.75, 3.05) is 6.61 Å². The van der Waals surface area contributed by atoms with Crippen LogP contribution in [0.5, 0.6) is 0 Å². The maximum Gasteiger partial charge on any atom is 0.306 e. The van der Waals surface area contributed by atoms with Crippen molar-refractivity contribution in [3.8, 4) is 0 Å². The van der Waals surface area contributed by atoms with Gasteiger partial charge in [0, 0.05) is 41.9 Å². The summed E-state index contributed by atoms with van der Waals surface area (Å²) in [7, 11) is 0.